The Labute approximate surface area is 112 Å². The fourth-order valence-corrected chi connectivity index (χ4v) is 1.89. The Kier molecular flexibility index (Phi) is 3.56. The summed E-state index contributed by atoms with van der Waals surface area (Å²) in [5.74, 6) is -1.64. The van der Waals surface area contributed by atoms with E-state index < -0.39 is 18.0 Å². The van der Waals surface area contributed by atoms with Crippen LogP contribution in [-0.4, -0.2) is 22.6 Å². The van der Waals surface area contributed by atoms with Crippen LogP contribution >= 0.6 is 0 Å². The summed E-state index contributed by atoms with van der Waals surface area (Å²) in [7, 11) is 1.18. The van der Waals surface area contributed by atoms with Gasteiger partial charge in [-0.05, 0) is 18.2 Å². The van der Waals surface area contributed by atoms with E-state index in [0.717, 1.165) is 4.57 Å². The molecule has 1 aromatic heterocycles. The Morgan fingerprint density at radius 2 is 2.15 bits per heavy atom. The van der Waals surface area contributed by atoms with Gasteiger partial charge in [0.05, 0.1) is 24.6 Å². The molecule has 2 aromatic rings. The van der Waals surface area contributed by atoms with E-state index in [2.05, 4.69) is 9.72 Å². The van der Waals surface area contributed by atoms with Crippen molar-refractivity contribution in [2.24, 2.45) is 0 Å². The van der Waals surface area contributed by atoms with E-state index in [4.69, 9.17) is 5.73 Å². The number of benzene rings is 1. The maximum absolute atomic E-state index is 13.0. The molecular formula is C12H12F3N3O2. The van der Waals surface area contributed by atoms with Crippen LogP contribution in [0.1, 0.15) is 12.2 Å². The number of rotatable bonds is 3. The van der Waals surface area contributed by atoms with Gasteiger partial charge >= 0.3 is 12.1 Å². The Morgan fingerprint density at radius 1 is 1.45 bits per heavy atom. The van der Waals surface area contributed by atoms with Gasteiger partial charge < -0.3 is 15.0 Å². The Morgan fingerprint density at radius 3 is 2.75 bits per heavy atom. The molecule has 0 aliphatic carbocycles. The molecule has 0 aliphatic heterocycles. The van der Waals surface area contributed by atoms with Gasteiger partial charge in [-0.2, -0.15) is 13.2 Å². The van der Waals surface area contributed by atoms with Gasteiger partial charge in [0.2, 0.25) is 5.82 Å². The SMILES string of the molecule is COC(=O)CCn1c(C(F)(F)F)nc2cc(N)ccc21. The number of fused-ring (bicyclic) bond motifs is 1. The molecule has 2 rings (SSSR count). The molecular weight excluding hydrogens is 275 g/mol. The highest BCUT2D eigenvalue weighted by Crippen LogP contribution is 2.32. The van der Waals surface area contributed by atoms with Gasteiger partial charge in [-0.1, -0.05) is 0 Å². The van der Waals surface area contributed by atoms with Crippen molar-refractivity contribution in [3.8, 4) is 0 Å². The van der Waals surface area contributed by atoms with Gasteiger partial charge in [0.15, 0.2) is 0 Å². The third-order valence-corrected chi connectivity index (χ3v) is 2.79. The van der Waals surface area contributed by atoms with Crippen molar-refractivity contribution in [3.63, 3.8) is 0 Å². The summed E-state index contributed by atoms with van der Waals surface area (Å²) in [6, 6.07) is 4.29. The van der Waals surface area contributed by atoms with Crippen LogP contribution in [-0.2, 0) is 22.3 Å². The summed E-state index contributed by atoms with van der Waals surface area (Å²) < 4.78 is 44.3. The molecule has 0 saturated heterocycles. The first-order chi connectivity index (χ1) is 9.32. The molecule has 0 radical (unpaired) electrons. The Bertz CT molecular complexity index is 649. The number of aryl methyl sites for hydroxylation is 1. The number of anilines is 1. The van der Waals surface area contributed by atoms with E-state index in [9.17, 15) is 18.0 Å². The Balaban J connectivity index is 2.50. The molecule has 1 heterocycles. The number of nitrogen functional groups attached to an aromatic ring is 1. The van der Waals surface area contributed by atoms with Gasteiger partial charge in [-0.25, -0.2) is 4.98 Å². The van der Waals surface area contributed by atoms with Crippen LogP contribution in [0.4, 0.5) is 18.9 Å². The summed E-state index contributed by atoms with van der Waals surface area (Å²) in [6.45, 7) is -0.165. The van der Waals surface area contributed by atoms with Gasteiger partial charge in [0.25, 0.3) is 0 Å². The number of nitrogens with two attached hydrogens (primary N) is 1. The van der Waals surface area contributed by atoms with Crippen molar-refractivity contribution < 1.29 is 22.7 Å². The van der Waals surface area contributed by atoms with E-state index >= 15 is 0 Å². The lowest BCUT2D eigenvalue weighted by molar-refractivity contribution is -0.148. The van der Waals surface area contributed by atoms with Crippen molar-refractivity contribution in [3.05, 3.63) is 24.0 Å². The molecule has 5 nitrogen and oxygen atoms in total. The lowest BCUT2D eigenvalue weighted by Crippen LogP contribution is -2.17. The lowest BCUT2D eigenvalue weighted by atomic mass is 10.3. The van der Waals surface area contributed by atoms with Gasteiger partial charge in [-0.15, -0.1) is 0 Å². The number of alkyl halides is 3. The molecule has 2 N–H and O–H groups in total. The number of carbonyl (C=O) groups excluding carboxylic acids is 1. The number of hydrogen-bond acceptors (Lipinski definition) is 4. The van der Waals surface area contributed by atoms with Crippen molar-refractivity contribution in [2.45, 2.75) is 19.1 Å². The summed E-state index contributed by atoms with van der Waals surface area (Å²) in [5.41, 5.74) is 6.27. The molecule has 1 aromatic carbocycles. The zero-order chi connectivity index (χ0) is 14.9. The highest BCUT2D eigenvalue weighted by Gasteiger charge is 2.37. The minimum atomic E-state index is -4.61. The average molecular weight is 287 g/mol. The normalized spacial score (nSPS) is 11.8. The molecule has 0 spiro atoms. The minimum absolute atomic E-state index is 0.141. The number of methoxy groups -OCH3 is 1. The number of ether oxygens (including phenoxy) is 1. The van der Waals surface area contributed by atoms with E-state index in [0.29, 0.717) is 5.69 Å². The van der Waals surface area contributed by atoms with Crippen molar-refractivity contribution in [1.29, 1.82) is 0 Å². The molecule has 0 bridgehead atoms. The summed E-state index contributed by atoms with van der Waals surface area (Å²) in [6.07, 6.45) is -4.78. The highest BCUT2D eigenvalue weighted by atomic mass is 19.4. The smallest absolute Gasteiger partial charge is 0.449 e. The van der Waals surface area contributed by atoms with Crippen molar-refractivity contribution >= 4 is 22.7 Å². The minimum Gasteiger partial charge on any atom is -0.469 e. The molecule has 0 unspecified atom stereocenters. The number of aromatic nitrogens is 2. The third-order valence-electron chi connectivity index (χ3n) is 2.79. The number of hydrogen-bond donors (Lipinski definition) is 1. The van der Waals surface area contributed by atoms with Crippen LogP contribution in [0.25, 0.3) is 11.0 Å². The van der Waals surface area contributed by atoms with Crippen LogP contribution < -0.4 is 5.73 Å². The molecule has 0 fully saturated rings. The predicted molar refractivity (Wildman–Crippen MR) is 65.8 cm³/mol. The quantitative estimate of drug-likeness (QED) is 0.694. The zero-order valence-electron chi connectivity index (χ0n) is 10.6. The maximum atomic E-state index is 13.0. The largest absolute Gasteiger partial charge is 0.469 e. The zero-order valence-corrected chi connectivity index (χ0v) is 10.6. The van der Waals surface area contributed by atoms with Crippen LogP contribution in [0, 0.1) is 0 Å². The van der Waals surface area contributed by atoms with Gasteiger partial charge in [0.1, 0.15) is 0 Å². The number of esters is 1. The van der Waals surface area contributed by atoms with E-state index in [1.807, 2.05) is 0 Å². The molecule has 0 atom stereocenters. The first kappa shape index (κ1) is 14.2. The van der Waals surface area contributed by atoms with Crippen LogP contribution in [0.5, 0.6) is 0 Å². The topological polar surface area (TPSA) is 70.1 Å². The summed E-state index contributed by atoms with van der Waals surface area (Å²) >= 11 is 0. The summed E-state index contributed by atoms with van der Waals surface area (Å²) in [5, 5.41) is 0. The first-order valence-corrected chi connectivity index (χ1v) is 5.72. The predicted octanol–water partition coefficient (Wildman–Crippen LogP) is 2.20. The van der Waals surface area contributed by atoms with Crippen molar-refractivity contribution in [1.82, 2.24) is 9.55 Å². The molecule has 8 heteroatoms. The van der Waals surface area contributed by atoms with Gasteiger partial charge in [0, 0.05) is 12.2 Å². The second-order valence-electron chi connectivity index (χ2n) is 4.16. The van der Waals surface area contributed by atoms with E-state index in [-0.39, 0.29) is 24.0 Å². The number of carbonyl (C=O) groups is 1. The monoisotopic (exact) mass is 287 g/mol. The Hall–Kier alpha value is -2.25. The molecule has 20 heavy (non-hydrogen) atoms. The summed E-state index contributed by atoms with van der Waals surface area (Å²) in [4.78, 5) is 14.7. The highest BCUT2D eigenvalue weighted by molar-refractivity contribution is 5.80. The second-order valence-corrected chi connectivity index (χ2v) is 4.16. The van der Waals surface area contributed by atoms with E-state index in [1.54, 1.807) is 0 Å². The standard InChI is InChI=1S/C12H12F3N3O2/c1-20-10(19)4-5-18-9-3-2-7(16)6-8(9)17-11(18)12(13,14)15/h2-3,6H,4-5,16H2,1H3. The fraction of sp³-hybridized carbons (Fsp3) is 0.333. The number of imidazole rings is 1. The molecule has 0 amide bonds. The molecule has 0 saturated carbocycles. The van der Waals surface area contributed by atoms with Gasteiger partial charge in [-0.3, -0.25) is 4.79 Å². The average Bonchev–Trinajstić information content (AvgIpc) is 2.73. The number of halogens is 3. The van der Waals surface area contributed by atoms with Crippen LogP contribution in [0.15, 0.2) is 18.2 Å². The maximum Gasteiger partial charge on any atom is 0.449 e. The van der Waals surface area contributed by atoms with E-state index in [1.165, 1.54) is 25.3 Å². The molecule has 0 aliphatic rings. The first-order valence-electron chi connectivity index (χ1n) is 5.72. The fourth-order valence-electron chi connectivity index (χ4n) is 1.89. The van der Waals surface area contributed by atoms with Crippen LogP contribution in [0.2, 0.25) is 0 Å². The van der Waals surface area contributed by atoms with Crippen molar-refractivity contribution in [2.75, 3.05) is 12.8 Å². The lowest BCUT2D eigenvalue weighted by Gasteiger charge is -2.10. The van der Waals surface area contributed by atoms with Crippen LogP contribution in [0.3, 0.4) is 0 Å². The number of nitrogens with zero attached hydrogens (tertiary/aromatic N) is 2. The second kappa shape index (κ2) is 5.03. The molecule has 108 valence electrons. The third kappa shape index (κ3) is 2.68.